The minimum Gasteiger partial charge on any atom is -0.489 e. The number of nitrogens with two attached hydrogens (primary N) is 5. The Balaban J connectivity index is 0.000000277. The minimum atomic E-state index is -0.264. The van der Waals surface area contributed by atoms with Crippen molar-refractivity contribution in [3.05, 3.63) is 191 Å². The molecule has 0 saturated heterocycles. The maximum atomic E-state index is 12.3. The number of ether oxygens (including phenoxy) is 3. The van der Waals surface area contributed by atoms with Crippen molar-refractivity contribution in [2.45, 2.75) is 58.0 Å². The number of benzene rings is 4. The highest BCUT2D eigenvalue weighted by molar-refractivity contribution is 7.13. The summed E-state index contributed by atoms with van der Waals surface area (Å²) in [4.78, 5) is 31.4. The zero-order valence-corrected chi connectivity index (χ0v) is 48.9. The first kappa shape index (κ1) is 70.7. The predicted molar refractivity (Wildman–Crippen MR) is 330 cm³/mol. The number of carbonyl (C=O) groups excluding carboxylic acids is 2. The van der Waals surface area contributed by atoms with Crippen molar-refractivity contribution in [1.29, 1.82) is 0 Å². The normalized spacial score (nSPS) is 12.8. The highest BCUT2D eigenvalue weighted by atomic mass is 32.1. The lowest BCUT2D eigenvalue weighted by Gasteiger charge is -2.23. The van der Waals surface area contributed by atoms with E-state index < -0.39 is 0 Å². The summed E-state index contributed by atoms with van der Waals surface area (Å²) in [6.45, 7) is 5.81. The van der Waals surface area contributed by atoms with Gasteiger partial charge < -0.3 is 64.1 Å². The lowest BCUT2D eigenvalue weighted by Crippen LogP contribution is -2.34. The molecule has 1 aliphatic carbocycles. The molecular formula is C61H78F5N11O5S2. The molecule has 7 rings (SSSR count). The van der Waals surface area contributed by atoms with Gasteiger partial charge in [-0.25, -0.2) is 36.7 Å². The van der Waals surface area contributed by atoms with Gasteiger partial charge in [0.25, 0.3) is 5.91 Å². The van der Waals surface area contributed by atoms with Gasteiger partial charge in [0.2, 0.25) is 0 Å². The van der Waals surface area contributed by atoms with Crippen LogP contribution < -0.4 is 64.1 Å². The zero-order chi connectivity index (χ0) is 61.2. The van der Waals surface area contributed by atoms with Crippen LogP contribution in [0.5, 0.6) is 17.2 Å². The van der Waals surface area contributed by atoms with E-state index in [2.05, 4.69) is 31.2 Å². The van der Waals surface area contributed by atoms with E-state index in [1.807, 2.05) is 79.2 Å². The molecule has 2 aromatic heterocycles. The Kier molecular flexibility index (Phi) is 36.2. The molecule has 1 saturated carbocycles. The molecule has 23 heteroatoms. The van der Waals surface area contributed by atoms with E-state index in [0.29, 0.717) is 107 Å². The topological polar surface area (TPSA) is 266 Å². The first-order valence-corrected chi connectivity index (χ1v) is 28.6. The number of nitrogens with zero attached hydrogens (tertiary/aromatic N) is 2. The van der Waals surface area contributed by atoms with Crippen LogP contribution in [0, 0.1) is 0 Å². The quantitative estimate of drug-likeness (QED) is 0.0256. The van der Waals surface area contributed by atoms with E-state index in [0.717, 1.165) is 21.1 Å². The maximum absolute atomic E-state index is 12.3. The number of aromatic nitrogens is 2. The van der Waals surface area contributed by atoms with Gasteiger partial charge in [-0.15, -0.1) is 22.7 Å². The van der Waals surface area contributed by atoms with E-state index >= 15 is 0 Å². The van der Waals surface area contributed by atoms with E-state index in [1.54, 1.807) is 83.6 Å². The third-order valence-electron chi connectivity index (χ3n) is 11.7. The third-order valence-corrected chi connectivity index (χ3v) is 13.3. The fourth-order valence-electron chi connectivity index (χ4n) is 6.89. The summed E-state index contributed by atoms with van der Waals surface area (Å²) in [5.74, 6) is 1.71. The number of hydrogen-bond donors (Lipinski definition) is 9. The summed E-state index contributed by atoms with van der Waals surface area (Å²) in [5, 5.41) is 17.1. The van der Waals surface area contributed by atoms with Crippen LogP contribution in [0.1, 0.15) is 56.3 Å². The average molecular weight is 1200 g/mol. The van der Waals surface area contributed by atoms with Gasteiger partial charge in [-0.3, -0.25) is 4.79 Å². The van der Waals surface area contributed by atoms with Crippen LogP contribution in [-0.4, -0.2) is 99.6 Å². The number of anilines is 1. The summed E-state index contributed by atoms with van der Waals surface area (Å²) < 4.78 is 77.3. The maximum Gasteiger partial charge on any atom is 0.319 e. The van der Waals surface area contributed by atoms with Crippen LogP contribution >= 0.6 is 22.7 Å². The minimum absolute atomic E-state index is 0.0692. The summed E-state index contributed by atoms with van der Waals surface area (Å²) in [7, 11) is 0. The van der Waals surface area contributed by atoms with Crippen molar-refractivity contribution in [3.8, 4) is 38.4 Å². The van der Waals surface area contributed by atoms with Gasteiger partial charge in [0, 0.05) is 120 Å². The fourth-order valence-corrected chi connectivity index (χ4v) is 8.18. The summed E-state index contributed by atoms with van der Waals surface area (Å²) in [6, 6.07) is 31.0. The molecule has 1 aliphatic rings. The molecular weight excluding hydrogens is 1130 g/mol. The largest absolute Gasteiger partial charge is 0.489 e. The van der Waals surface area contributed by atoms with Gasteiger partial charge >= 0.3 is 6.03 Å². The molecule has 3 amide bonds. The van der Waals surface area contributed by atoms with E-state index in [-0.39, 0.29) is 70.5 Å². The summed E-state index contributed by atoms with van der Waals surface area (Å²) >= 11 is 3.16. The van der Waals surface area contributed by atoms with Gasteiger partial charge in [0.1, 0.15) is 47.1 Å². The Morgan fingerprint density at radius 3 is 1.33 bits per heavy atom. The van der Waals surface area contributed by atoms with Crippen molar-refractivity contribution in [2.75, 3.05) is 71.0 Å². The molecule has 84 heavy (non-hydrogen) atoms. The Morgan fingerprint density at radius 1 is 0.560 bits per heavy atom. The molecule has 2 heterocycles. The van der Waals surface area contributed by atoms with Crippen molar-refractivity contribution in [2.24, 2.45) is 28.7 Å². The number of urea groups is 1. The SMILES string of the molecule is CC(C)NC(=O)Nc1ccc(OC/C(=C/F)CN)cc1.NC/C(=C/F)COc1ccc(-c2nccs2)cc1.NC/C(=C\F)CNC(=O)c1ccccc1.NC/C(=C\F)CNC1CCCCC1.NC/C(=C\F)COc1ccc(-c2nccs2)cc1. The first-order valence-electron chi connectivity index (χ1n) is 26.9. The molecule has 4 aromatic carbocycles. The van der Waals surface area contributed by atoms with Gasteiger partial charge in [-0.1, -0.05) is 37.5 Å². The van der Waals surface area contributed by atoms with Crippen LogP contribution in [0.3, 0.4) is 0 Å². The summed E-state index contributed by atoms with van der Waals surface area (Å²) in [5.41, 5.74) is 32.1. The Labute approximate surface area is 497 Å². The van der Waals surface area contributed by atoms with Gasteiger partial charge in [-0.2, -0.15) is 0 Å². The van der Waals surface area contributed by atoms with Crippen LogP contribution in [0.2, 0.25) is 0 Å². The highest BCUT2D eigenvalue weighted by Gasteiger charge is 2.13. The molecule has 14 N–H and O–H groups in total. The third kappa shape index (κ3) is 29.1. The molecule has 0 atom stereocenters. The molecule has 16 nitrogen and oxygen atoms in total. The van der Waals surface area contributed by atoms with Crippen LogP contribution in [-0.2, 0) is 0 Å². The number of nitrogens with one attached hydrogen (secondary N) is 4. The van der Waals surface area contributed by atoms with Gasteiger partial charge in [-0.05, 0) is 123 Å². The number of amides is 3. The lowest BCUT2D eigenvalue weighted by atomic mass is 9.95. The second-order valence-electron chi connectivity index (χ2n) is 18.5. The zero-order valence-electron chi connectivity index (χ0n) is 47.3. The standard InChI is InChI=1S/C14H20FN3O2.2C13H13FN2OS.C11H13FN2O.C10H19FN2/c1-10(2)17-14(19)18-12-3-5-13(6-4-12)20-9-11(7-15)8-16;2*14-7-10(8-15)9-17-12-3-1-11(2-4-12)13-16-5-6-18-13;12-6-9(7-13)8-14-11(15)10-4-2-1-3-5-10;11-6-9(7-12)8-13-10-4-2-1-3-5-10/h3-7,10H,8-9,16H2,1-2H3,(H2,17,18,19);2*1-7H,8-9,15H2;1-6H,7-8,13H2,(H,14,15);6,10,13H,1-5,7-8,12H2/b11-7+;10-7+;10-7-;2*9-6+. The molecule has 0 radical (unpaired) electrons. The smallest absolute Gasteiger partial charge is 0.319 e. The van der Waals surface area contributed by atoms with Crippen molar-refractivity contribution >= 4 is 40.3 Å². The van der Waals surface area contributed by atoms with Crippen LogP contribution in [0.15, 0.2) is 186 Å². The average Bonchev–Trinajstić information content (AvgIpc) is 4.46. The van der Waals surface area contributed by atoms with Gasteiger partial charge in [0.05, 0.1) is 31.6 Å². The van der Waals surface area contributed by atoms with Crippen molar-refractivity contribution in [1.82, 2.24) is 25.9 Å². The van der Waals surface area contributed by atoms with E-state index in [9.17, 15) is 31.5 Å². The predicted octanol–water partition coefficient (Wildman–Crippen LogP) is 11.4. The number of hydrogen-bond acceptors (Lipinski definition) is 15. The molecule has 0 aliphatic heterocycles. The van der Waals surface area contributed by atoms with Crippen molar-refractivity contribution < 1.29 is 45.8 Å². The van der Waals surface area contributed by atoms with E-state index in [1.165, 1.54) is 32.1 Å². The highest BCUT2D eigenvalue weighted by Crippen LogP contribution is 2.26. The molecule has 0 spiro atoms. The van der Waals surface area contributed by atoms with E-state index in [4.69, 9.17) is 42.9 Å². The molecule has 0 bridgehead atoms. The molecule has 6 aromatic rings. The Morgan fingerprint density at radius 2 is 0.964 bits per heavy atom. The molecule has 1 fully saturated rings. The monoisotopic (exact) mass is 1200 g/mol. The van der Waals surface area contributed by atoms with Crippen LogP contribution in [0.4, 0.5) is 32.4 Å². The second kappa shape index (κ2) is 43.1. The van der Waals surface area contributed by atoms with Crippen LogP contribution in [0.25, 0.3) is 21.1 Å². The summed E-state index contributed by atoms with van der Waals surface area (Å²) in [6.07, 6.45) is 12.4. The van der Waals surface area contributed by atoms with Gasteiger partial charge in [0.15, 0.2) is 0 Å². The Bertz CT molecular complexity index is 2780. The Hall–Kier alpha value is -7.61. The fraction of sp³-hybridized carbons (Fsp3) is 0.311. The first-order chi connectivity index (χ1) is 40.8. The molecule has 0 unspecified atom stereocenters. The lowest BCUT2D eigenvalue weighted by molar-refractivity contribution is 0.0956. The number of rotatable bonds is 24. The number of halogens is 5. The number of thiazole rings is 2. The van der Waals surface area contributed by atoms with Crippen molar-refractivity contribution in [3.63, 3.8) is 0 Å². The molecule has 454 valence electrons. The second-order valence-corrected chi connectivity index (χ2v) is 20.3. The number of carbonyl (C=O) groups is 2.